The molecule has 1 saturated carbocycles. The Morgan fingerprint density at radius 2 is 1.86 bits per heavy atom. The van der Waals surface area contributed by atoms with E-state index in [0.29, 0.717) is 22.6 Å². The molecular weight excluding hydrogens is 268 g/mol. The van der Waals surface area contributed by atoms with Crippen LogP contribution in [0.5, 0.6) is 0 Å². The summed E-state index contributed by atoms with van der Waals surface area (Å²) in [4.78, 5) is 24.4. The Morgan fingerprint density at radius 1 is 1.10 bits per heavy atom. The van der Waals surface area contributed by atoms with Gasteiger partial charge in [-0.2, -0.15) is 0 Å². The van der Waals surface area contributed by atoms with Gasteiger partial charge in [-0.3, -0.25) is 9.59 Å². The van der Waals surface area contributed by atoms with Crippen molar-refractivity contribution in [2.75, 3.05) is 5.32 Å². The molecule has 1 aromatic carbocycles. The molecule has 0 aliphatic heterocycles. The largest absolute Gasteiger partial charge is 0.469 e. The predicted molar refractivity (Wildman–Crippen MR) is 78.3 cm³/mol. The molecule has 0 unspecified atom stereocenters. The summed E-state index contributed by atoms with van der Waals surface area (Å²) in [5.74, 6) is 0.109. The lowest BCUT2D eigenvalue weighted by Gasteiger charge is -2.10. The summed E-state index contributed by atoms with van der Waals surface area (Å²) >= 11 is 0. The van der Waals surface area contributed by atoms with E-state index in [9.17, 15) is 9.59 Å². The predicted octanol–water partition coefficient (Wildman–Crippen LogP) is 2.73. The van der Waals surface area contributed by atoms with Gasteiger partial charge >= 0.3 is 0 Å². The zero-order valence-corrected chi connectivity index (χ0v) is 11.7. The van der Waals surface area contributed by atoms with E-state index >= 15 is 0 Å². The summed E-state index contributed by atoms with van der Waals surface area (Å²) in [5.41, 5.74) is 1.44. The number of rotatable bonds is 4. The summed E-state index contributed by atoms with van der Waals surface area (Å²) in [7, 11) is 0. The van der Waals surface area contributed by atoms with Gasteiger partial charge in [-0.1, -0.05) is 12.1 Å². The highest BCUT2D eigenvalue weighted by atomic mass is 16.3. The van der Waals surface area contributed by atoms with E-state index in [1.165, 1.54) is 6.26 Å². The van der Waals surface area contributed by atoms with Gasteiger partial charge in [0.25, 0.3) is 11.8 Å². The Hall–Kier alpha value is -2.56. The second kappa shape index (κ2) is 5.44. The van der Waals surface area contributed by atoms with Crippen molar-refractivity contribution in [1.82, 2.24) is 5.32 Å². The molecule has 1 fully saturated rings. The van der Waals surface area contributed by atoms with Crippen molar-refractivity contribution in [3.63, 3.8) is 0 Å². The van der Waals surface area contributed by atoms with Crippen molar-refractivity contribution in [1.29, 1.82) is 0 Å². The van der Waals surface area contributed by atoms with E-state index in [1.807, 2.05) is 0 Å². The fourth-order valence-corrected chi connectivity index (χ4v) is 2.09. The number of hydrogen-bond acceptors (Lipinski definition) is 3. The van der Waals surface area contributed by atoms with Crippen LogP contribution in [-0.2, 0) is 0 Å². The number of carbonyl (C=O) groups excluding carboxylic acids is 2. The molecule has 5 nitrogen and oxygen atoms in total. The van der Waals surface area contributed by atoms with E-state index in [2.05, 4.69) is 10.6 Å². The van der Waals surface area contributed by atoms with Gasteiger partial charge in [0.15, 0.2) is 0 Å². The lowest BCUT2D eigenvalue weighted by atomic mass is 10.1. The van der Waals surface area contributed by atoms with Crippen LogP contribution < -0.4 is 10.6 Å². The van der Waals surface area contributed by atoms with Crippen LogP contribution in [-0.4, -0.2) is 17.9 Å². The molecule has 1 aliphatic carbocycles. The van der Waals surface area contributed by atoms with Gasteiger partial charge in [0.2, 0.25) is 0 Å². The first kappa shape index (κ1) is 13.4. The quantitative estimate of drug-likeness (QED) is 0.906. The number of benzene rings is 1. The zero-order chi connectivity index (χ0) is 14.8. The Morgan fingerprint density at radius 3 is 2.52 bits per heavy atom. The number of aryl methyl sites for hydroxylation is 1. The van der Waals surface area contributed by atoms with Crippen LogP contribution >= 0.6 is 0 Å². The smallest absolute Gasteiger partial charge is 0.259 e. The first-order valence-electron chi connectivity index (χ1n) is 6.90. The van der Waals surface area contributed by atoms with E-state index in [0.717, 1.165) is 12.8 Å². The molecule has 1 heterocycles. The van der Waals surface area contributed by atoms with Crippen LogP contribution in [0.2, 0.25) is 0 Å². The lowest BCUT2D eigenvalue weighted by molar-refractivity contribution is 0.0952. The maximum absolute atomic E-state index is 12.2. The van der Waals surface area contributed by atoms with Gasteiger partial charge < -0.3 is 15.1 Å². The molecule has 0 atom stereocenters. The summed E-state index contributed by atoms with van der Waals surface area (Å²) in [5, 5.41) is 5.69. The van der Waals surface area contributed by atoms with Crippen LogP contribution in [0.25, 0.3) is 0 Å². The van der Waals surface area contributed by atoms with E-state index in [4.69, 9.17) is 4.42 Å². The van der Waals surface area contributed by atoms with Crippen molar-refractivity contribution in [2.24, 2.45) is 0 Å². The molecule has 5 heteroatoms. The van der Waals surface area contributed by atoms with Crippen LogP contribution in [0.4, 0.5) is 5.69 Å². The molecular formula is C16H16N2O3. The molecule has 2 N–H and O–H groups in total. The number of nitrogens with one attached hydrogen (secondary N) is 2. The molecule has 0 bridgehead atoms. The van der Waals surface area contributed by atoms with Crippen LogP contribution in [0.15, 0.2) is 41.0 Å². The molecule has 2 aromatic rings. The number of hydrogen-bond donors (Lipinski definition) is 2. The lowest BCUT2D eigenvalue weighted by Crippen LogP contribution is -2.27. The van der Waals surface area contributed by atoms with Gasteiger partial charge in [0.05, 0.1) is 23.1 Å². The number of anilines is 1. The molecule has 2 amide bonds. The zero-order valence-electron chi connectivity index (χ0n) is 11.7. The van der Waals surface area contributed by atoms with Crippen molar-refractivity contribution in [2.45, 2.75) is 25.8 Å². The minimum atomic E-state index is -0.284. The monoisotopic (exact) mass is 284 g/mol. The third-order valence-corrected chi connectivity index (χ3v) is 3.44. The first-order valence-corrected chi connectivity index (χ1v) is 6.90. The van der Waals surface area contributed by atoms with Crippen molar-refractivity contribution >= 4 is 17.5 Å². The molecule has 0 spiro atoms. The summed E-state index contributed by atoms with van der Waals surface area (Å²) in [6, 6.07) is 8.87. The minimum Gasteiger partial charge on any atom is -0.469 e. The van der Waals surface area contributed by atoms with E-state index in [-0.39, 0.29) is 17.9 Å². The van der Waals surface area contributed by atoms with Crippen LogP contribution in [0, 0.1) is 6.92 Å². The Balaban J connectivity index is 1.80. The Labute approximate surface area is 122 Å². The summed E-state index contributed by atoms with van der Waals surface area (Å²) in [6.45, 7) is 1.72. The fourth-order valence-electron chi connectivity index (χ4n) is 2.09. The average molecular weight is 284 g/mol. The Kier molecular flexibility index (Phi) is 3.48. The van der Waals surface area contributed by atoms with Gasteiger partial charge in [0, 0.05) is 6.04 Å². The second-order valence-corrected chi connectivity index (χ2v) is 5.14. The maximum atomic E-state index is 12.2. The first-order chi connectivity index (χ1) is 10.1. The maximum Gasteiger partial charge on any atom is 0.259 e. The number of furan rings is 1. The van der Waals surface area contributed by atoms with Crippen LogP contribution in [0.1, 0.15) is 39.3 Å². The molecule has 1 aromatic heterocycles. The molecule has 1 aliphatic rings. The van der Waals surface area contributed by atoms with Gasteiger partial charge in [0.1, 0.15) is 5.76 Å². The van der Waals surface area contributed by atoms with Crippen molar-refractivity contribution < 1.29 is 14.0 Å². The van der Waals surface area contributed by atoms with Crippen LogP contribution in [0.3, 0.4) is 0 Å². The number of carbonyl (C=O) groups is 2. The molecule has 21 heavy (non-hydrogen) atoms. The number of para-hydroxylation sites is 1. The van der Waals surface area contributed by atoms with Gasteiger partial charge in [-0.15, -0.1) is 0 Å². The van der Waals surface area contributed by atoms with Gasteiger partial charge in [-0.25, -0.2) is 0 Å². The van der Waals surface area contributed by atoms with E-state index in [1.54, 1.807) is 37.3 Å². The highest BCUT2D eigenvalue weighted by Crippen LogP contribution is 2.22. The average Bonchev–Trinajstić information content (AvgIpc) is 3.17. The molecule has 0 saturated heterocycles. The third-order valence-electron chi connectivity index (χ3n) is 3.44. The van der Waals surface area contributed by atoms with Crippen molar-refractivity contribution in [3.05, 3.63) is 53.5 Å². The minimum absolute atomic E-state index is 0.155. The standard InChI is InChI=1S/C16H16N2O3/c1-10-12(8-9-21-10)15(19)18-14-5-3-2-4-13(14)16(20)17-11-6-7-11/h2-5,8-9,11H,6-7H2,1H3,(H,17,20)(H,18,19). The number of amides is 2. The van der Waals surface area contributed by atoms with Crippen molar-refractivity contribution in [3.8, 4) is 0 Å². The SMILES string of the molecule is Cc1occc1C(=O)Nc1ccccc1C(=O)NC1CC1. The molecule has 0 radical (unpaired) electrons. The molecule has 3 rings (SSSR count). The Bertz CT molecular complexity index is 686. The summed E-state index contributed by atoms with van der Waals surface area (Å²) < 4.78 is 5.12. The highest BCUT2D eigenvalue weighted by molar-refractivity contribution is 6.09. The highest BCUT2D eigenvalue weighted by Gasteiger charge is 2.25. The fraction of sp³-hybridized carbons (Fsp3) is 0.250. The normalized spacial score (nSPS) is 13.8. The third kappa shape index (κ3) is 2.97. The second-order valence-electron chi connectivity index (χ2n) is 5.14. The molecule has 108 valence electrons. The van der Waals surface area contributed by atoms with Gasteiger partial charge in [-0.05, 0) is 38.0 Å². The topological polar surface area (TPSA) is 71.3 Å². The summed E-state index contributed by atoms with van der Waals surface area (Å²) in [6.07, 6.45) is 3.51. The van der Waals surface area contributed by atoms with E-state index < -0.39 is 0 Å².